The quantitative estimate of drug-likeness (QED) is 0.397. The maximum Gasteiger partial charge on any atom is 0.253 e. The van der Waals surface area contributed by atoms with Crippen LogP contribution in [0.3, 0.4) is 0 Å². The Balaban J connectivity index is 1.35. The number of fused-ring (bicyclic) bond motifs is 1. The lowest BCUT2D eigenvalue weighted by atomic mass is 9.91. The smallest absolute Gasteiger partial charge is 0.253 e. The molecule has 0 aromatic carbocycles. The van der Waals surface area contributed by atoms with Crippen molar-refractivity contribution < 1.29 is 9.53 Å². The second-order valence-electron chi connectivity index (χ2n) is 7.94. The molecule has 0 radical (unpaired) electrons. The van der Waals surface area contributed by atoms with Gasteiger partial charge in [-0.15, -0.1) is 11.3 Å². The highest BCUT2D eigenvalue weighted by Gasteiger charge is 2.26. The van der Waals surface area contributed by atoms with E-state index in [1.165, 1.54) is 6.33 Å². The normalized spacial score (nSPS) is 18.2. The number of rotatable bonds is 6. The van der Waals surface area contributed by atoms with Gasteiger partial charge in [0.15, 0.2) is 10.9 Å². The van der Waals surface area contributed by atoms with Crippen LogP contribution in [0.4, 0.5) is 10.9 Å². The second-order valence-corrected chi connectivity index (χ2v) is 8.83. The zero-order chi connectivity index (χ0) is 22.8. The Morgan fingerprint density at radius 3 is 2.73 bits per heavy atom. The summed E-state index contributed by atoms with van der Waals surface area (Å²) >= 11 is 1.60. The summed E-state index contributed by atoms with van der Waals surface area (Å²) in [5, 5.41) is 13.9. The van der Waals surface area contributed by atoms with Crippen LogP contribution in [0.1, 0.15) is 36.0 Å². The number of methoxy groups -OCH3 is 1. The molecule has 4 N–H and O–H groups in total. The van der Waals surface area contributed by atoms with Crippen molar-refractivity contribution in [2.45, 2.75) is 37.8 Å². The molecule has 5 rings (SSSR count). The number of nitrogens with zero attached hydrogens (tertiary/aromatic N) is 5. The number of nitrogens with one attached hydrogen (secondary N) is 2. The van der Waals surface area contributed by atoms with Crippen molar-refractivity contribution in [1.29, 1.82) is 0 Å². The first kappa shape index (κ1) is 21.1. The molecule has 0 atom stereocenters. The predicted molar refractivity (Wildman–Crippen MR) is 126 cm³/mol. The summed E-state index contributed by atoms with van der Waals surface area (Å²) in [5.41, 5.74) is 8.61. The van der Waals surface area contributed by atoms with E-state index in [1.807, 2.05) is 11.4 Å². The van der Waals surface area contributed by atoms with Gasteiger partial charge in [0.2, 0.25) is 5.88 Å². The van der Waals surface area contributed by atoms with Gasteiger partial charge in [-0.05, 0) is 37.8 Å². The van der Waals surface area contributed by atoms with Gasteiger partial charge in [-0.1, -0.05) is 0 Å². The summed E-state index contributed by atoms with van der Waals surface area (Å²) in [5.74, 6) is 0.537. The molecule has 4 aromatic rings. The number of ether oxygens (including phenoxy) is 1. The number of hydrogen-bond acceptors (Lipinski definition) is 9. The Morgan fingerprint density at radius 1 is 1.15 bits per heavy atom. The summed E-state index contributed by atoms with van der Waals surface area (Å²) in [4.78, 5) is 25.8. The summed E-state index contributed by atoms with van der Waals surface area (Å²) in [6.07, 6.45) is 8.54. The Morgan fingerprint density at radius 2 is 1.97 bits per heavy atom. The molecule has 0 saturated heterocycles. The number of pyridine rings is 1. The van der Waals surface area contributed by atoms with Crippen molar-refractivity contribution >= 4 is 33.7 Å². The first-order valence-corrected chi connectivity index (χ1v) is 11.6. The Kier molecular flexibility index (Phi) is 5.78. The molecular weight excluding hydrogens is 440 g/mol. The van der Waals surface area contributed by atoms with Crippen molar-refractivity contribution in [1.82, 2.24) is 29.9 Å². The maximum absolute atomic E-state index is 13.3. The molecule has 1 saturated carbocycles. The highest BCUT2D eigenvalue weighted by atomic mass is 32.1. The minimum absolute atomic E-state index is 0.0946. The molecule has 0 bridgehead atoms. The van der Waals surface area contributed by atoms with Gasteiger partial charge in [-0.3, -0.25) is 4.79 Å². The van der Waals surface area contributed by atoms with Crippen LogP contribution in [0.2, 0.25) is 0 Å². The standard InChI is InChI=1S/C22H24N8O2S/c1-32-18-10-13(6-7-24-18)17-11-16(19-20(23)26-12-27-30(17)19)21(31)28-14-2-4-15(5-3-14)29-22-25-8-9-33-22/h6-12,14-15H,2-5H2,1H3,(H,25,29)(H,28,31)(H2,23,26,27). The second kappa shape index (κ2) is 9.02. The van der Waals surface area contributed by atoms with Crippen molar-refractivity contribution in [2.75, 3.05) is 18.2 Å². The fraction of sp³-hybridized carbons (Fsp3) is 0.318. The van der Waals surface area contributed by atoms with E-state index in [9.17, 15) is 4.79 Å². The van der Waals surface area contributed by atoms with Gasteiger partial charge in [-0.2, -0.15) is 5.10 Å². The molecule has 1 fully saturated rings. The molecule has 4 aromatic heterocycles. The van der Waals surface area contributed by atoms with Crippen LogP contribution in [0.15, 0.2) is 42.3 Å². The third-order valence-corrected chi connectivity index (χ3v) is 6.59. The van der Waals surface area contributed by atoms with E-state index >= 15 is 0 Å². The third kappa shape index (κ3) is 4.31. The predicted octanol–water partition coefficient (Wildman–Crippen LogP) is 2.99. The van der Waals surface area contributed by atoms with E-state index in [2.05, 4.69) is 30.7 Å². The van der Waals surface area contributed by atoms with E-state index in [4.69, 9.17) is 10.5 Å². The molecule has 11 heteroatoms. The highest BCUT2D eigenvalue weighted by molar-refractivity contribution is 7.13. The van der Waals surface area contributed by atoms with E-state index in [-0.39, 0.29) is 17.8 Å². The Bertz CT molecular complexity index is 1260. The summed E-state index contributed by atoms with van der Waals surface area (Å²) < 4.78 is 6.88. The largest absolute Gasteiger partial charge is 0.481 e. The van der Waals surface area contributed by atoms with Crippen molar-refractivity contribution in [3.8, 4) is 17.1 Å². The molecule has 170 valence electrons. The summed E-state index contributed by atoms with van der Waals surface area (Å²) in [6.45, 7) is 0. The molecule has 10 nitrogen and oxygen atoms in total. The van der Waals surface area contributed by atoms with Crippen molar-refractivity contribution in [3.05, 3.63) is 47.9 Å². The topological polar surface area (TPSA) is 132 Å². The molecular formula is C22H24N8O2S. The highest BCUT2D eigenvalue weighted by Crippen LogP contribution is 2.30. The molecule has 1 aliphatic carbocycles. The number of amides is 1. The van der Waals surface area contributed by atoms with Gasteiger partial charge in [0, 0.05) is 41.5 Å². The number of anilines is 2. The fourth-order valence-corrected chi connectivity index (χ4v) is 4.85. The lowest BCUT2D eigenvalue weighted by Crippen LogP contribution is -2.40. The van der Waals surface area contributed by atoms with Crippen LogP contribution in [-0.4, -0.2) is 49.7 Å². The monoisotopic (exact) mass is 464 g/mol. The third-order valence-electron chi connectivity index (χ3n) is 5.89. The lowest BCUT2D eigenvalue weighted by Gasteiger charge is -2.29. The number of carbonyl (C=O) groups excluding carboxylic acids is 1. The van der Waals surface area contributed by atoms with E-state index in [0.29, 0.717) is 28.7 Å². The minimum Gasteiger partial charge on any atom is -0.481 e. The Labute approximate surface area is 194 Å². The number of aromatic nitrogens is 5. The minimum atomic E-state index is -0.183. The van der Waals surface area contributed by atoms with Gasteiger partial charge in [-0.25, -0.2) is 19.5 Å². The first-order chi connectivity index (χ1) is 16.1. The molecule has 33 heavy (non-hydrogen) atoms. The Hall–Kier alpha value is -3.73. The molecule has 4 heterocycles. The lowest BCUT2D eigenvalue weighted by molar-refractivity contribution is 0.0928. The maximum atomic E-state index is 13.3. The van der Waals surface area contributed by atoms with Crippen LogP contribution >= 0.6 is 11.3 Å². The first-order valence-electron chi connectivity index (χ1n) is 10.7. The zero-order valence-electron chi connectivity index (χ0n) is 18.1. The van der Waals surface area contributed by atoms with Gasteiger partial charge in [0.05, 0.1) is 18.4 Å². The van der Waals surface area contributed by atoms with Crippen LogP contribution < -0.4 is 21.1 Å². The SMILES string of the molecule is COc1cc(-c2cc(C(=O)NC3CCC(Nc4nccs4)CC3)c3c(N)ncnn23)ccn1. The van der Waals surface area contributed by atoms with Gasteiger partial charge in [0.25, 0.3) is 5.91 Å². The summed E-state index contributed by atoms with van der Waals surface area (Å²) in [7, 11) is 1.56. The number of hydrogen-bond donors (Lipinski definition) is 3. The zero-order valence-corrected chi connectivity index (χ0v) is 18.9. The molecule has 0 aliphatic heterocycles. The van der Waals surface area contributed by atoms with E-state index < -0.39 is 0 Å². The van der Waals surface area contributed by atoms with Crippen LogP contribution in [0.5, 0.6) is 5.88 Å². The van der Waals surface area contributed by atoms with Crippen LogP contribution in [0, 0.1) is 0 Å². The number of nitrogen functional groups attached to an aromatic ring is 1. The van der Waals surface area contributed by atoms with Crippen LogP contribution in [-0.2, 0) is 0 Å². The van der Waals surface area contributed by atoms with Gasteiger partial charge < -0.3 is 21.1 Å². The summed E-state index contributed by atoms with van der Waals surface area (Å²) in [6, 6.07) is 5.88. The average molecular weight is 465 g/mol. The molecule has 1 amide bonds. The van der Waals surface area contributed by atoms with Crippen molar-refractivity contribution in [3.63, 3.8) is 0 Å². The van der Waals surface area contributed by atoms with Crippen molar-refractivity contribution in [2.24, 2.45) is 0 Å². The van der Waals surface area contributed by atoms with E-state index in [1.54, 1.807) is 47.5 Å². The average Bonchev–Trinajstić information content (AvgIpc) is 3.49. The van der Waals surface area contributed by atoms with E-state index in [0.717, 1.165) is 36.4 Å². The number of nitrogens with two attached hydrogens (primary N) is 1. The van der Waals surface area contributed by atoms with Gasteiger partial charge in [0.1, 0.15) is 11.8 Å². The fourth-order valence-electron chi connectivity index (χ4n) is 4.24. The number of carbonyl (C=O) groups is 1. The molecule has 1 aliphatic rings. The molecule has 0 unspecified atom stereocenters. The van der Waals surface area contributed by atoms with Gasteiger partial charge >= 0.3 is 0 Å². The van der Waals surface area contributed by atoms with Crippen LogP contribution in [0.25, 0.3) is 16.8 Å². The molecule has 0 spiro atoms. The number of thiazole rings is 1.